The van der Waals surface area contributed by atoms with Gasteiger partial charge in [0, 0.05) is 11.5 Å². The summed E-state index contributed by atoms with van der Waals surface area (Å²) >= 11 is 0.676. The number of hydrazine groups is 1. The van der Waals surface area contributed by atoms with Crippen LogP contribution in [0.25, 0.3) is 0 Å². The highest BCUT2D eigenvalue weighted by Gasteiger charge is 2.58. The van der Waals surface area contributed by atoms with Crippen molar-refractivity contribution in [1.82, 2.24) is 9.59 Å². The Bertz CT molecular complexity index is 376. The van der Waals surface area contributed by atoms with Crippen LogP contribution in [0.4, 0.5) is 31.3 Å². The molecule has 12 heteroatoms. The summed E-state index contributed by atoms with van der Waals surface area (Å²) in [5.74, 6) is 4.95. The first kappa shape index (κ1) is 14.9. The predicted octanol–water partition coefficient (Wildman–Crippen LogP) is 1.83. The number of nitrogens with two attached hydrogens (primary N) is 1. The number of hydrogen-bond acceptors (Lipinski definition) is 6. The molecule has 1 aromatic heterocycles. The quantitative estimate of drug-likeness (QED) is 0.504. The molecule has 0 spiro atoms. The molecule has 104 valence electrons. The van der Waals surface area contributed by atoms with Gasteiger partial charge in [-0.2, -0.15) is 26.3 Å². The summed E-state index contributed by atoms with van der Waals surface area (Å²) in [7, 11) is 0. The lowest BCUT2D eigenvalue weighted by Crippen LogP contribution is -2.44. The Morgan fingerprint density at radius 1 is 1.22 bits per heavy atom. The second-order valence-corrected chi connectivity index (χ2v) is 3.72. The second kappa shape index (κ2) is 5.24. The van der Waals surface area contributed by atoms with Crippen LogP contribution in [0.15, 0.2) is 0 Å². The molecule has 0 aliphatic rings. The molecular weight excluding hydrogens is 290 g/mol. The molecule has 0 amide bonds. The summed E-state index contributed by atoms with van der Waals surface area (Å²) < 4.78 is 79.8. The van der Waals surface area contributed by atoms with Gasteiger partial charge in [0.05, 0.1) is 6.61 Å². The van der Waals surface area contributed by atoms with Crippen molar-refractivity contribution in [1.29, 1.82) is 0 Å². The number of nitrogen functional groups attached to an aromatic ring is 1. The second-order valence-electron chi connectivity index (χ2n) is 2.97. The summed E-state index contributed by atoms with van der Waals surface area (Å²) in [6, 6.07) is 0. The van der Waals surface area contributed by atoms with Crippen LogP contribution in [-0.4, -0.2) is 28.0 Å². The van der Waals surface area contributed by atoms with Crippen LogP contribution >= 0.6 is 11.5 Å². The Morgan fingerprint density at radius 2 is 1.78 bits per heavy atom. The molecule has 0 fully saturated rings. The Balaban J connectivity index is 2.75. The van der Waals surface area contributed by atoms with Gasteiger partial charge in [-0.3, -0.25) is 0 Å². The Labute approximate surface area is 100 Å². The van der Waals surface area contributed by atoms with Crippen LogP contribution in [0.1, 0.15) is 5.69 Å². The van der Waals surface area contributed by atoms with Crippen molar-refractivity contribution in [3.05, 3.63) is 5.69 Å². The summed E-state index contributed by atoms with van der Waals surface area (Å²) in [5.41, 5.74) is 1.79. The molecule has 1 rings (SSSR count). The van der Waals surface area contributed by atoms with E-state index >= 15 is 0 Å². The minimum Gasteiger partial charge on any atom is -0.354 e. The highest BCUT2D eigenvalue weighted by atomic mass is 32.1. The number of anilines is 1. The first-order chi connectivity index (χ1) is 8.16. The molecule has 0 aliphatic heterocycles. The third kappa shape index (κ3) is 3.68. The summed E-state index contributed by atoms with van der Waals surface area (Å²) in [5, 5.41) is 3.32. The number of ether oxygens (including phenoxy) is 1. The standard InChI is InChI=1S/C6H6F6N4OS/c7-5(8,9)4(6(10,11)12)17-1-2-3(14-13)18-16-15-2/h4,14H,1,13H2. The summed E-state index contributed by atoms with van der Waals surface area (Å²) in [4.78, 5) is 0. The smallest absolute Gasteiger partial charge is 0.354 e. The SMILES string of the molecule is NNc1snnc1COC(C(F)(F)F)C(F)(F)F. The molecule has 1 aromatic rings. The Kier molecular flexibility index (Phi) is 4.34. The van der Waals surface area contributed by atoms with Gasteiger partial charge in [0.15, 0.2) is 0 Å². The molecule has 0 saturated carbocycles. The highest BCUT2D eigenvalue weighted by molar-refractivity contribution is 7.10. The molecule has 0 atom stereocenters. The van der Waals surface area contributed by atoms with Gasteiger partial charge < -0.3 is 10.2 Å². The lowest BCUT2D eigenvalue weighted by molar-refractivity contribution is -0.324. The minimum atomic E-state index is -5.56. The van der Waals surface area contributed by atoms with Gasteiger partial charge in [-0.1, -0.05) is 4.49 Å². The van der Waals surface area contributed by atoms with E-state index in [9.17, 15) is 26.3 Å². The molecule has 0 saturated heterocycles. The maximum Gasteiger partial charge on any atom is 0.423 e. The van der Waals surface area contributed by atoms with Crippen molar-refractivity contribution in [2.75, 3.05) is 5.43 Å². The zero-order chi connectivity index (χ0) is 14.0. The molecule has 1 heterocycles. The average molecular weight is 296 g/mol. The zero-order valence-corrected chi connectivity index (χ0v) is 9.16. The minimum absolute atomic E-state index is 0.0260. The lowest BCUT2D eigenvalue weighted by Gasteiger charge is -2.22. The maximum atomic E-state index is 12.1. The van der Waals surface area contributed by atoms with Crippen LogP contribution in [0.2, 0.25) is 0 Å². The monoisotopic (exact) mass is 296 g/mol. The van der Waals surface area contributed by atoms with E-state index in [1.165, 1.54) is 0 Å². The average Bonchev–Trinajstić information content (AvgIpc) is 2.61. The largest absolute Gasteiger partial charge is 0.423 e. The molecule has 3 N–H and O–H groups in total. The van der Waals surface area contributed by atoms with Crippen LogP contribution in [0, 0.1) is 0 Å². The van der Waals surface area contributed by atoms with Crippen molar-refractivity contribution < 1.29 is 31.1 Å². The normalized spacial score (nSPS) is 13.1. The van der Waals surface area contributed by atoms with Gasteiger partial charge in [-0.15, -0.1) is 5.10 Å². The molecular formula is C6H6F6N4OS. The van der Waals surface area contributed by atoms with Gasteiger partial charge >= 0.3 is 12.4 Å². The van der Waals surface area contributed by atoms with Crippen LogP contribution in [0.5, 0.6) is 0 Å². The summed E-state index contributed by atoms with van der Waals surface area (Å²) in [6.07, 6.45) is -15.0. The third-order valence-electron chi connectivity index (χ3n) is 1.67. The number of rotatable bonds is 4. The van der Waals surface area contributed by atoms with E-state index in [-0.39, 0.29) is 10.7 Å². The molecule has 0 unspecified atom stereocenters. The fourth-order valence-corrected chi connectivity index (χ4v) is 1.43. The Hall–Kier alpha value is -1.14. The van der Waals surface area contributed by atoms with Crippen LogP contribution in [-0.2, 0) is 11.3 Å². The number of nitrogens with one attached hydrogen (secondary N) is 1. The number of alkyl halides is 6. The van der Waals surface area contributed by atoms with Crippen molar-refractivity contribution in [3.63, 3.8) is 0 Å². The molecule has 18 heavy (non-hydrogen) atoms. The van der Waals surface area contributed by atoms with E-state index in [4.69, 9.17) is 5.84 Å². The molecule has 0 aliphatic carbocycles. The maximum absolute atomic E-state index is 12.1. The van der Waals surface area contributed by atoms with E-state index in [0.29, 0.717) is 11.5 Å². The van der Waals surface area contributed by atoms with Gasteiger partial charge in [0.2, 0.25) is 6.10 Å². The van der Waals surface area contributed by atoms with E-state index in [0.717, 1.165) is 0 Å². The van der Waals surface area contributed by atoms with Gasteiger partial charge in [0.25, 0.3) is 0 Å². The van der Waals surface area contributed by atoms with Crippen LogP contribution in [0.3, 0.4) is 0 Å². The molecule has 0 radical (unpaired) electrons. The first-order valence-electron chi connectivity index (χ1n) is 4.19. The predicted molar refractivity (Wildman–Crippen MR) is 48.4 cm³/mol. The van der Waals surface area contributed by atoms with E-state index in [2.05, 4.69) is 14.3 Å². The van der Waals surface area contributed by atoms with Crippen LogP contribution < -0.4 is 11.3 Å². The molecule has 0 bridgehead atoms. The zero-order valence-electron chi connectivity index (χ0n) is 8.34. The fourth-order valence-electron chi connectivity index (χ4n) is 0.950. The highest BCUT2D eigenvalue weighted by Crippen LogP contribution is 2.36. The van der Waals surface area contributed by atoms with Gasteiger partial charge in [-0.25, -0.2) is 5.84 Å². The van der Waals surface area contributed by atoms with Crippen molar-refractivity contribution in [2.24, 2.45) is 5.84 Å². The number of nitrogens with zero attached hydrogens (tertiary/aromatic N) is 2. The number of hydrogen-bond donors (Lipinski definition) is 2. The van der Waals surface area contributed by atoms with Crippen molar-refractivity contribution in [2.45, 2.75) is 25.1 Å². The van der Waals surface area contributed by atoms with E-state index in [1.807, 2.05) is 5.43 Å². The Morgan fingerprint density at radius 3 is 2.22 bits per heavy atom. The first-order valence-corrected chi connectivity index (χ1v) is 4.96. The topological polar surface area (TPSA) is 73.1 Å². The van der Waals surface area contributed by atoms with Gasteiger partial charge in [0.1, 0.15) is 10.7 Å². The number of aromatic nitrogens is 2. The van der Waals surface area contributed by atoms with E-state index in [1.54, 1.807) is 0 Å². The molecule has 0 aromatic carbocycles. The fraction of sp³-hybridized carbons (Fsp3) is 0.667. The summed E-state index contributed by atoms with van der Waals surface area (Å²) in [6.45, 7) is -1.01. The van der Waals surface area contributed by atoms with Crippen molar-refractivity contribution >= 4 is 16.5 Å². The van der Waals surface area contributed by atoms with Crippen molar-refractivity contribution in [3.8, 4) is 0 Å². The van der Waals surface area contributed by atoms with Gasteiger partial charge in [-0.05, 0) is 0 Å². The van der Waals surface area contributed by atoms with E-state index < -0.39 is 25.1 Å². The third-order valence-corrected chi connectivity index (χ3v) is 2.37. The molecule has 5 nitrogen and oxygen atoms in total. The number of halogens is 6. The lowest BCUT2D eigenvalue weighted by atomic mass is 10.3.